The molecule has 2 aromatic rings. The number of carbonyl (C=O) groups is 1. The third-order valence-corrected chi connectivity index (χ3v) is 4.00. The summed E-state index contributed by atoms with van der Waals surface area (Å²) in [6.07, 6.45) is 1.41. The number of nitrogens with two attached hydrogens (primary N) is 1. The van der Waals surface area contributed by atoms with E-state index in [2.05, 4.69) is 15.3 Å². The summed E-state index contributed by atoms with van der Waals surface area (Å²) in [7, 11) is 0. The molecule has 1 amide bonds. The Morgan fingerprint density at radius 2 is 2.26 bits per heavy atom. The van der Waals surface area contributed by atoms with Crippen LogP contribution in [0.3, 0.4) is 0 Å². The Balaban J connectivity index is 1.69. The standard InChI is InChI=1S/C18H15F2N5O2/c19-9-24-18(22)27-16-6-13(16)12-5-11(2-3-14(12)20)25-17(26)15-4-1-10(7-21)8-23-15/h1-5,8,13,16H,6,9H2,(H2,22,24)(H,25,26)/t13-,16-/m1/s1. The number of rotatable bonds is 5. The number of nitriles is 1. The van der Waals surface area contributed by atoms with Crippen LogP contribution in [-0.2, 0) is 4.74 Å². The van der Waals surface area contributed by atoms with Gasteiger partial charge in [-0.05, 0) is 42.3 Å². The first-order chi connectivity index (χ1) is 13.0. The van der Waals surface area contributed by atoms with E-state index < -0.39 is 18.5 Å². The number of alkyl halides is 1. The Kier molecular flexibility index (Phi) is 5.26. The molecule has 9 heteroatoms. The molecule has 1 aliphatic rings. The normalized spacial score (nSPS) is 18.5. The summed E-state index contributed by atoms with van der Waals surface area (Å²) in [6.45, 7) is -0.984. The van der Waals surface area contributed by atoms with E-state index in [1.54, 1.807) is 0 Å². The van der Waals surface area contributed by atoms with E-state index in [1.807, 2.05) is 6.07 Å². The lowest BCUT2D eigenvalue weighted by Crippen LogP contribution is -2.18. The minimum atomic E-state index is -0.984. The number of aliphatic imine (C=N–C) groups is 1. The summed E-state index contributed by atoms with van der Waals surface area (Å²) in [5, 5.41) is 11.4. The Hall–Kier alpha value is -3.54. The molecule has 1 heterocycles. The third kappa shape index (κ3) is 4.36. The molecule has 0 unspecified atom stereocenters. The lowest BCUT2D eigenvalue weighted by molar-refractivity contribution is 0.102. The second-order valence-corrected chi connectivity index (χ2v) is 5.85. The van der Waals surface area contributed by atoms with Crippen molar-refractivity contribution in [1.29, 1.82) is 5.26 Å². The van der Waals surface area contributed by atoms with Gasteiger partial charge in [-0.2, -0.15) is 5.26 Å². The van der Waals surface area contributed by atoms with E-state index in [4.69, 9.17) is 15.7 Å². The van der Waals surface area contributed by atoms with Gasteiger partial charge in [0.1, 0.15) is 23.7 Å². The Labute approximate surface area is 153 Å². The van der Waals surface area contributed by atoms with E-state index in [9.17, 15) is 13.6 Å². The molecule has 138 valence electrons. The molecule has 0 radical (unpaired) electrons. The Bertz CT molecular complexity index is 924. The van der Waals surface area contributed by atoms with Crippen molar-refractivity contribution in [2.75, 3.05) is 12.1 Å². The van der Waals surface area contributed by atoms with Gasteiger partial charge in [0.05, 0.1) is 5.56 Å². The lowest BCUT2D eigenvalue weighted by atomic mass is 10.1. The number of hydrogen-bond acceptors (Lipinski definition) is 5. The van der Waals surface area contributed by atoms with Crippen LogP contribution in [-0.4, -0.2) is 29.8 Å². The largest absolute Gasteiger partial charge is 0.461 e. The molecule has 27 heavy (non-hydrogen) atoms. The van der Waals surface area contributed by atoms with Crippen LogP contribution in [0.15, 0.2) is 41.5 Å². The second-order valence-electron chi connectivity index (χ2n) is 5.85. The number of hydrogen-bond donors (Lipinski definition) is 2. The van der Waals surface area contributed by atoms with Gasteiger partial charge in [0.25, 0.3) is 11.9 Å². The maximum atomic E-state index is 14.1. The molecule has 1 aromatic carbocycles. The zero-order valence-electron chi connectivity index (χ0n) is 14.0. The van der Waals surface area contributed by atoms with E-state index in [0.29, 0.717) is 23.2 Å². The highest BCUT2D eigenvalue weighted by Crippen LogP contribution is 2.45. The van der Waals surface area contributed by atoms with Crippen molar-refractivity contribution in [3.05, 3.63) is 59.2 Å². The fourth-order valence-electron chi connectivity index (χ4n) is 2.58. The van der Waals surface area contributed by atoms with Crippen LogP contribution >= 0.6 is 0 Å². The van der Waals surface area contributed by atoms with Crippen molar-refractivity contribution >= 4 is 17.6 Å². The molecule has 3 rings (SSSR count). The summed E-state index contributed by atoms with van der Waals surface area (Å²) < 4.78 is 31.5. The second kappa shape index (κ2) is 7.78. The number of anilines is 1. The first-order valence-electron chi connectivity index (χ1n) is 8.01. The van der Waals surface area contributed by atoms with Gasteiger partial charge in [-0.25, -0.2) is 18.8 Å². The van der Waals surface area contributed by atoms with Crippen LogP contribution < -0.4 is 11.1 Å². The summed E-state index contributed by atoms with van der Waals surface area (Å²) in [6, 6.07) is 8.72. The summed E-state index contributed by atoms with van der Waals surface area (Å²) >= 11 is 0. The van der Waals surface area contributed by atoms with Crippen molar-refractivity contribution in [2.24, 2.45) is 10.7 Å². The summed E-state index contributed by atoms with van der Waals surface area (Å²) in [5.41, 5.74) is 6.61. The summed E-state index contributed by atoms with van der Waals surface area (Å²) in [5.74, 6) is -1.19. The van der Waals surface area contributed by atoms with Gasteiger partial charge in [0.2, 0.25) is 0 Å². The quantitative estimate of drug-likeness (QED) is 0.476. The monoisotopic (exact) mass is 371 g/mol. The number of halogens is 2. The van der Waals surface area contributed by atoms with Gasteiger partial charge in [-0.15, -0.1) is 0 Å². The van der Waals surface area contributed by atoms with Crippen LogP contribution in [0.4, 0.5) is 14.5 Å². The van der Waals surface area contributed by atoms with E-state index in [1.165, 1.54) is 36.5 Å². The predicted molar refractivity (Wildman–Crippen MR) is 93.1 cm³/mol. The van der Waals surface area contributed by atoms with Crippen LogP contribution in [0, 0.1) is 17.1 Å². The number of pyridine rings is 1. The van der Waals surface area contributed by atoms with Crippen molar-refractivity contribution in [3.63, 3.8) is 0 Å². The minimum Gasteiger partial charge on any atom is -0.461 e. The molecular weight excluding hydrogens is 356 g/mol. The first kappa shape index (κ1) is 18.3. The number of benzene rings is 1. The number of aromatic nitrogens is 1. The molecule has 2 atom stereocenters. The van der Waals surface area contributed by atoms with Crippen molar-refractivity contribution < 1.29 is 18.3 Å². The molecule has 0 bridgehead atoms. The Morgan fingerprint density at radius 1 is 1.44 bits per heavy atom. The SMILES string of the molecule is N#Cc1ccc(C(=O)Nc2ccc(F)c([C@H]3C[C@H]3OC(N)=NCF)c2)nc1. The van der Waals surface area contributed by atoms with E-state index >= 15 is 0 Å². The highest BCUT2D eigenvalue weighted by Gasteiger charge is 2.43. The van der Waals surface area contributed by atoms with Crippen molar-refractivity contribution in [2.45, 2.75) is 18.4 Å². The number of carbonyl (C=O) groups excluding carboxylic acids is 1. The van der Waals surface area contributed by atoms with Gasteiger partial charge in [0.15, 0.2) is 6.80 Å². The van der Waals surface area contributed by atoms with Crippen LogP contribution in [0.2, 0.25) is 0 Å². The summed E-state index contributed by atoms with van der Waals surface area (Å²) in [4.78, 5) is 19.4. The number of nitrogens with one attached hydrogen (secondary N) is 1. The number of amides is 1. The average molecular weight is 371 g/mol. The molecule has 7 nitrogen and oxygen atoms in total. The number of ether oxygens (including phenoxy) is 1. The Morgan fingerprint density at radius 3 is 2.93 bits per heavy atom. The molecule has 0 spiro atoms. The molecule has 0 aliphatic heterocycles. The lowest BCUT2D eigenvalue weighted by Gasteiger charge is -2.09. The maximum Gasteiger partial charge on any atom is 0.284 e. The third-order valence-electron chi connectivity index (χ3n) is 4.00. The van der Waals surface area contributed by atoms with Crippen LogP contribution in [0.25, 0.3) is 0 Å². The fraction of sp³-hybridized carbons (Fsp3) is 0.222. The highest BCUT2D eigenvalue weighted by atomic mass is 19.1. The molecule has 1 aromatic heterocycles. The molecule has 1 fully saturated rings. The molecule has 1 aliphatic carbocycles. The zero-order valence-corrected chi connectivity index (χ0v) is 14.0. The molecular formula is C18H15F2N5O2. The van der Waals surface area contributed by atoms with Gasteiger partial charge < -0.3 is 15.8 Å². The number of nitrogens with zero attached hydrogens (tertiary/aromatic N) is 3. The van der Waals surface area contributed by atoms with Gasteiger partial charge in [-0.1, -0.05) is 0 Å². The zero-order chi connectivity index (χ0) is 19.4. The predicted octanol–water partition coefficient (Wildman–Crippen LogP) is 2.46. The van der Waals surface area contributed by atoms with Crippen molar-refractivity contribution in [1.82, 2.24) is 4.98 Å². The minimum absolute atomic E-state index is 0.128. The van der Waals surface area contributed by atoms with Gasteiger partial charge in [0, 0.05) is 17.8 Å². The van der Waals surface area contributed by atoms with Gasteiger partial charge >= 0.3 is 0 Å². The van der Waals surface area contributed by atoms with Gasteiger partial charge in [-0.3, -0.25) is 4.79 Å². The van der Waals surface area contributed by atoms with Crippen LogP contribution in [0.1, 0.15) is 34.0 Å². The average Bonchev–Trinajstić information content (AvgIpc) is 3.42. The maximum absolute atomic E-state index is 14.1. The first-order valence-corrected chi connectivity index (χ1v) is 8.01. The number of amidine groups is 1. The van der Waals surface area contributed by atoms with E-state index in [-0.39, 0.29) is 23.7 Å². The topological polar surface area (TPSA) is 113 Å². The van der Waals surface area contributed by atoms with Crippen molar-refractivity contribution in [3.8, 4) is 6.07 Å². The highest BCUT2D eigenvalue weighted by molar-refractivity contribution is 6.02. The molecule has 1 saturated carbocycles. The molecule has 0 saturated heterocycles. The fourth-order valence-corrected chi connectivity index (χ4v) is 2.58. The van der Waals surface area contributed by atoms with Crippen LogP contribution in [0.5, 0.6) is 0 Å². The van der Waals surface area contributed by atoms with E-state index in [0.717, 1.165) is 0 Å². The molecule has 3 N–H and O–H groups in total. The smallest absolute Gasteiger partial charge is 0.284 e.